The summed E-state index contributed by atoms with van der Waals surface area (Å²) < 4.78 is 0. The average molecular weight is 403 g/mol. The van der Waals surface area contributed by atoms with Crippen LogP contribution in [0.2, 0.25) is 0 Å². The van der Waals surface area contributed by atoms with Crippen LogP contribution in [0.15, 0.2) is 24.3 Å². The maximum absolute atomic E-state index is 13.1. The van der Waals surface area contributed by atoms with E-state index in [0.29, 0.717) is 6.42 Å². The number of carbonyl (C=O) groups is 2. The molecule has 2 amide bonds. The minimum Gasteiger partial charge on any atom is -0.356 e. The van der Waals surface area contributed by atoms with Crippen molar-refractivity contribution >= 4 is 34.3 Å². The van der Waals surface area contributed by atoms with Gasteiger partial charge >= 0.3 is 0 Å². The summed E-state index contributed by atoms with van der Waals surface area (Å²) in [4.78, 5) is 33.0. The molecule has 6 nitrogen and oxygen atoms in total. The van der Waals surface area contributed by atoms with E-state index in [0.717, 1.165) is 48.1 Å². The zero-order valence-electron chi connectivity index (χ0n) is 16.4. The van der Waals surface area contributed by atoms with Gasteiger partial charge in [0.1, 0.15) is 11.9 Å². The molecule has 0 aliphatic carbocycles. The van der Waals surface area contributed by atoms with Gasteiger partial charge in [-0.25, -0.2) is 0 Å². The summed E-state index contributed by atoms with van der Waals surface area (Å²) in [6.07, 6.45) is 2.45. The van der Waals surface area contributed by atoms with E-state index >= 15 is 0 Å². The fourth-order valence-corrected chi connectivity index (χ4v) is 4.98. The first kappa shape index (κ1) is 19.3. The first-order valence-electron chi connectivity index (χ1n) is 9.91. The highest BCUT2D eigenvalue weighted by atomic mass is 35.5. The fourth-order valence-electron chi connectivity index (χ4n) is 4.84. The molecule has 0 radical (unpaired) electrons. The number of nitrogens with one attached hydrogen (secondary N) is 2. The molecule has 1 fully saturated rings. The molecule has 3 heterocycles. The Balaban J connectivity index is 1.89. The molecule has 1 aromatic heterocycles. The Morgan fingerprint density at radius 2 is 1.93 bits per heavy atom. The van der Waals surface area contributed by atoms with Gasteiger partial charge in [0.25, 0.3) is 0 Å². The summed E-state index contributed by atoms with van der Waals surface area (Å²) in [7, 11) is 3.49. The van der Waals surface area contributed by atoms with Crippen LogP contribution in [0.5, 0.6) is 0 Å². The molecule has 1 saturated heterocycles. The van der Waals surface area contributed by atoms with Crippen LogP contribution in [0, 0.1) is 5.92 Å². The number of piperidine rings is 1. The van der Waals surface area contributed by atoms with E-state index in [4.69, 9.17) is 11.6 Å². The van der Waals surface area contributed by atoms with Gasteiger partial charge in [0.05, 0.1) is 6.04 Å². The second-order valence-electron chi connectivity index (χ2n) is 7.98. The molecule has 0 saturated carbocycles. The number of carbonyl (C=O) groups excluding carboxylic acids is 2. The number of rotatable bonds is 3. The quantitative estimate of drug-likeness (QED) is 0.774. The van der Waals surface area contributed by atoms with E-state index in [9.17, 15) is 9.59 Å². The molecule has 2 aliphatic rings. The van der Waals surface area contributed by atoms with Crippen molar-refractivity contribution in [1.82, 2.24) is 20.1 Å². The van der Waals surface area contributed by atoms with E-state index in [1.54, 1.807) is 23.9 Å². The Bertz CT molecular complexity index is 888. The van der Waals surface area contributed by atoms with Crippen LogP contribution < -0.4 is 5.32 Å². The summed E-state index contributed by atoms with van der Waals surface area (Å²) in [5, 5.41) is 4.54. The summed E-state index contributed by atoms with van der Waals surface area (Å²) in [5.74, 6) is -0.0464. The molecule has 7 heteroatoms. The highest BCUT2D eigenvalue weighted by Crippen LogP contribution is 2.43. The Morgan fingerprint density at radius 3 is 2.61 bits per heavy atom. The monoisotopic (exact) mass is 402 g/mol. The van der Waals surface area contributed by atoms with Crippen molar-refractivity contribution in [3.05, 3.63) is 35.5 Å². The van der Waals surface area contributed by atoms with Crippen LogP contribution in [-0.4, -0.2) is 65.7 Å². The first-order valence-corrected chi connectivity index (χ1v) is 10.4. The third-order valence-corrected chi connectivity index (χ3v) is 6.36. The van der Waals surface area contributed by atoms with Gasteiger partial charge in [0, 0.05) is 37.1 Å². The number of aromatic amines is 1. The maximum atomic E-state index is 13.1. The molecular weight excluding hydrogens is 376 g/mol. The predicted octanol–water partition coefficient (Wildman–Crippen LogP) is 2.29. The van der Waals surface area contributed by atoms with Gasteiger partial charge in [0.2, 0.25) is 11.8 Å². The second kappa shape index (κ2) is 7.76. The zero-order valence-corrected chi connectivity index (χ0v) is 17.1. The largest absolute Gasteiger partial charge is 0.356 e. The SMILES string of the molecule is CN(C)C(=O)[C@H]1Cc2c([nH]c3ccccc23)C(C2CCNCC2)N1C(=O)CCl. The van der Waals surface area contributed by atoms with Crippen molar-refractivity contribution in [3.8, 4) is 0 Å². The summed E-state index contributed by atoms with van der Waals surface area (Å²) in [6.45, 7) is 1.85. The highest BCUT2D eigenvalue weighted by Gasteiger charge is 2.45. The van der Waals surface area contributed by atoms with Gasteiger partial charge in [-0.3, -0.25) is 9.59 Å². The Kier molecular flexibility index (Phi) is 5.34. The first-order chi connectivity index (χ1) is 13.5. The number of likely N-dealkylation sites (N-methyl/N-ethyl adjacent to an activating group) is 1. The number of hydrogen-bond donors (Lipinski definition) is 2. The number of aromatic nitrogens is 1. The Hall–Kier alpha value is -2.05. The number of hydrogen-bond acceptors (Lipinski definition) is 3. The predicted molar refractivity (Wildman–Crippen MR) is 110 cm³/mol. The minimum absolute atomic E-state index is 0.0478. The van der Waals surface area contributed by atoms with Crippen LogP contribution in [0.1, 0.15) is 30.1 Å². The molecule has 28 heavy (non-hydrogen) atoms. The van der Waals surface area contributed by atoms with Gasteiger partial charge in [0.15, 0.2) is 0 Å². The van der Waals surface area contributed by atoms with E-state index in [-0.39, 0.29) is 29.7 Å². The van der Waals surface area contributed by atoms with Crippen LogP contribution >= 0.6 is 11.6 Å². The second-order valence-corrected chi connectivity index (χ2v) is 8.25. The van der Waals surface area contributed by atoms with E-state index in [2.05, 4.69) is 22.4 Å². The van der Waals surface area contributed by atoms with E-state index in [1.165, 1.54) is 0 Å². The molecule has 0 bridgehead atoms. The average Bonchev–Trinajstić information content (AvgIpc) is 3.10. The normalized spacial score (nSPS) is 22.9. The molecule has 0 spiro atoms. The zero-order chi connectivity index (χ0) is 19.8. The smallest absolute Gasteiger partial charge is 0.245 e. The molecule has 1 unspecified atom stereocenters. The molecule has 2 N–H and O–H groups in total. The summed E-state index contributed by atoms with van der Waals surface area (Å²) >= 11 is 6.01. The van der Waals surface area contributed by atoms with Crippen LogP contribution in [0.25, 0.3) is 10.9 Å². The Labute approximate surface area is 170 Å². The van der Waals surface area contributed by atoms with E-state index < -0.39 is 6.04 Å². The van der Waals surface area contributed by atoms with Gasteiger partial charge in [-0.15, -0.1) is 11.6 Å². The number of amides is 2. The van der Waals surface area contributed by atoms with Crippen molar-refractivity contribution in [1.29, 1.82) is 0 Å². The van der Waals surface area contributed by atoms with Crippen molar-refractivity contribution < 1.29 is 9.59 Å². The summed E-state index contributed by atoms with van der Waals surface area (Å²) in [5.41, 5.74) is 3.30. The number of nitrogens with zero attached hydrogens (tertiary/aromatic N) is 2. The van der Waals surface area contributed by atoms with Crippen molar-refractivity contribution in [2.24, 2.45) is 5.92 Å². The van der Waals surface area contributed by atoms with Crippen LogP contribution in [0.4, 0.5) is 0 Å². The van der Waals surface area contributed by atoms with Gasteiger partial charge in [-0.05, 0) is 43.5 Å². The Morgan fingerprint density at radius 1 is 1.21 bits per heavy atom. The lowest BCUT2D eigenvalue weighted by Crippen LogP contribution is -2.56. The molecule has 4 rings (SSSR count). The fraction of sp³-hybridized carbons (Fsp3) is 0.524. The highest BCUT2D eigenvalue weighted by molar-refractivity contribution is 6.27. The summed E-state index contributed by atoms with van der Waals surface area (Å²) in [6, 6.07) is 7.51. The third-order valence-electron chi connectivity index (χ3n) is 6.13. The molecule has 150 valence electrons. The lowest BCUT2D eigenvalue weighted by Gasteiger charge is -2.46. The van der Waals surface area contributed by atoms with Crippen LogP contribution in [0.3, 0.4) is 0 Å². The maximum Gasteiger partial charge on any atom is 0.245 e. The van der Waals surface area contributed by atoms with Crippen LogP contribution in [-0.2, 0) is 16.0 Å². The number of para-hydroxylation sites is 1. The third kappa shape index (κ3) is 3.18. The number of halogens is 1. The van der Waals surface area contributed by atoms with Crippen molar-refractivity contribution in [2.75, 3.05) is 33.1 Å². The lowest BCUT2D eigenvalue weighted by atomic mass is 9.80. The van der Waals surface area contributed by atoms with Gasteiger partial charge in [-0.1, -0.05) is 18.2 Å². The number of fused-ring (bicyclic) bond motifs is 3. The number of benzene rings is 1. The van der Waals surface area contributed by atoms with Gasteiger partial charge in [-0.2, -0.15) is 0 Å². The van der Waals surface area contributed by atoms with E-state index in [1.807, 2.05) is 12.1 Å². The molecule has 2 atom stereocenters. The standard InChI is InChI=1S/C21H27ClN4O2/c1-25(2)21(28)17-11-15-14-5-3-4-6-16(14)24-19(15)20(26(17)18(27)12-22)13-7-9-23-10-8-13/h3-6,13,17,20,23-24H,7-12H2,1-2H3/t17-,20?/m1/s1. The van der Waals surface area contributed by atoms with Crippen molar-refractivity contribution in [3.63, 3.8) is 0 Å². The molecule has 2 aliphatic heterocycles. The van der Waals surface area contributed by atoms with Gasteiger partial charge < -0.3 is 20.1 Å². The number of alkyl halides is 1. The lowest BCUT2D eigenvalue weighted by molar-refractivity contribution is -0.148. The topological polar surface area (TPSA) is 68.4 Å². The number of H-pyrrole nitrogens is 1. The molecule has 1 aromatic carbocycles. The molecule has 2 aromatic rings. The molecular formula is C21H27ClN4O2. The van der Waals surface area contributed by atoms with Crippen molar-refractivity contribution in [2.45, 2.75) is 31.3 Å². The minimum atomic E-state index is -0.521.